The van der Waals surface area contributed by atoms with E-state index >= 15 is 0 Å². The second kappa shape index (κ2) is 4.93. The molecule has 1 saturated carbocycles. The Morgan fingerprint density at radius 3 is 2.68 bits per heavy atom. The topological polar surface area (TPSA) is 51.8 Å². The first-order valence-corrected chi connectivity index (χ1v) is 7.30. The maximum Gasteiger partial charge on any atom is 0.141 e. The summed E-state index contributed by atoms with van der Waals surface area (Å²) in [4.78, 5) is 9.09. The molecule has 0 unspecified atom stereocenters. The third kappa shape index (κ3) is 2.63. The fourth-order valence-corrected chi connectivity index (χ4v) is 2.72. The third-order valence-electron chi connectivity index (χ3n) is 3.52. The van der Waals surface area contributed by atoms with Crippen molar-refractivity contribution >= 4 is 21.7 Å². The van der Waals surface area contributed by atoms with E-state index in [0.29, 0.717) is 11.7 Å². The lowest BCUT2D eigenvalue weighted by Crippen LogP contribution is -2.06. The van der Waals surface area contributed by atoms with Gasteiger partial charge in [0, 0.05) is 12.3 Å². The largest absolute Gasteiger partial charge is 0.383 e. The van der Waals surface area contributed by atoms with Crippen LogP contribution in [-0.2, 0) is 6.42 Å². The van der Waals surface area contributed by atoms with E-state index < -0.39 is 0 Å². The summed E-state index contributed by atoms with van der Waals surface area (Å²) in [5.74, 6) is 1.94. The molecule has 1 aliphatic rings. The van der Waals surface area contributed by atoms with Crippen molar-refractivity contribution in [1.29, 1.82) is 0 Å². The van der Waals surface area contributed by atoms with Gasteiger partial charge < -0.3 is 5.73 Å². The number of aromatic nitrogens is 2. The van der Waals surface area contributed by atoms with E-state index in [0.717, 1.165) is 22.4 Å². The van der Waals surface area contributed by atoms with Crippen LogP contribution in [0.4, 0.5) is 5.82 Å². The second-order valence-electron chi connectivity index (χ2n) is 5.10. The van der Waals surface area contributed by atoms with E-state index in [1.54, 1.807) is 0 Å². The zero-order valence-electron chi connectivity index (χ0n) is 10.9. The number of hydrogen-bond donors (Lipinski definition) is 1. The Hall–Kier alpha value is -1.42. The lowest BCUT2D eigenvalue weighted by molar-refractivity contribution is 0.892. The Labute approximate surface area is 121 Å². The Kier molecular flexibility index (Phi) is 3.27. The molecule has 0 spiro atoms. The minimum atomic E-state index is 0.556. The van der Waals surface area contributed by atoms with Crippen molar-refractivity contribution in [2.45, 2.75) is 32.1 Å². The van der Waals surface area contributed by atoms with Crippen LogP contribution in [0.3, 0.4) is 0 Å². The van der Waals surface area contributed by atoms with Crippen molar-refractivity contribution < 1.29 is 0 Å². The van der Waals surface area contributed by atoms with Gasteiger partial charge in [0.2, 0.25) is 0 Å². The van der Waals surface area contributed by atoms with Gasteiger partial charge in [-0.05, 0) is 46.8 Å². The van der Waals surface area contributed by atoms with Gasteiger partial charge >= 0.3 is 0 Å². The Morgan fingerprint density at radius 2 is 2.00 bits per heavy atom. The molecule has 1 heterocycles. The monoisotopic (exact) mass is 317 g/mol. The minimum Gasteiger partial charge on any atom is -0.383 e. The van der Waals surface area contributed by atoms with Gasteiger partial charge in [-0.2, -0.15) is 0 Å². The fourth-order valence-electron chi connectivity index (χ4n) is 2.22. The predicted octanol–water partition coefficient (Wildman–Crippen LogP) is 3.60. The zero-order valence-corrected chi connectivity index (χ0v) is 12.4. The number of aryl methyl sites for hydroxylation is 1. The third-order valence-corrected chi connectivity index (χ3v) is 4.34. The molecule has 0 amide bonds. The highest BCUT2D eigenvalue weighted by atomic mass is 79.9. The van der Waals surface area contributed by atoms with Gasteiger partial charge in [-0.25, -0.2) is 9.97 Å². The molecule has 1 aliphatic carbocycles. The number of anilines is 1. The summed E-state index contributed by atoms with van der Waals surface area (Å²) in [6.07, 6.45) is 3.15. The average molecular weight is 318 g/mol. The SMILES string of the molecule is Cc1ccccc1Cc1nc(N)c(Br)c(C2CC2)n1. The Bertz CT molecular complexity index is 621. The van der Waals surface area contributed by atoms with Crippen LogP contribution in [0.25, 0.3) is 0 Å². The smallest absolute Gasteiger partial charge is 0.141 e. The molecule has 0 bridgehead atoms. The summed E-state index contributed by atoms with van der Waals surface area (Å²) in [5, 5.41) is 0. The zero-order chi connectivity index (χ0) is 13.4. The normalized spacial score (nSPS) is 14.6. The first-order valence-electron chi connectivity index (χ1n) is 6.51. The van der Waals surface area contributed by atoms with E-state index in [1.807, 2.05) is 12.1 Å². The van der Waals surface area contributed by atoms with E-state index in [9.17, 15) is 0 Å². The number of halogens is 1. The molecule has 1 aromatic heterocycles. The van der Waals surface area contributed by atoms with Crippen molar-refractivity contribution in [3.63, 3.8) is 0 Å². The molecule has 0 aliphatic heterocycles. The molecule has 0 saturated heterocycles. The van der Waals surface area contributed by atoms with Gasteiger partial charge in [0.25, 0.3) is 0 Å². The molecule has 0 radical (unpaired) electrons. The van der Waals surface area contributed by atoms with Crippen LogP contribution in [0.5, 0.6) is 0 Å². The molecule has 1 fully saturated rings. The number of nitrogen functional groups attached to an aromatic ring is 1. The van der Waals surface area contributed by atoms with Crippen molar-refractivity contribution in [2.75, 3.05) is 5.73 Å². The maximum absolute atomic E-state index is 5.98. The van der Waals surface area contributed by atoms with Crippen LogP contribution in [0.2, 0.25) is 0 Å². The minimum absolute atomic E-state index is 0.556. The molecule has 3 nitrogen and oxygen atoms in total. The lowest BCUT2D eigenvalue weighted by Gasteiger charge is -2.09. The highest BCUT2D eigenvalue weighted by Gasteiger charge is 2.29. The van der Waals surface area contributed by atoms with Crippen LogP contribution in [-0.4, -0.2) is 9.97 Å². The second-order valence-corrected chi connectivity index (χ2v) is 5.89. The molecule has 19 heavy (non-hydrogen) atoms. The maximum atomic E-state index is 5.98. The summed E-state index contributed by atoms with van der Waals surface area (Å²) >= 11 is 3.50. The number of nitrogens with zero attached hydrogens (tertiary/aromatic N) is 2. The molecule has 3 rings (SSSR count). The lowest BCUT2D eigenvalue weighted by atomic mass is 10.1. The van der Waals surface area contributed by atoms with Gasteiger partial charge in [0.15, 0.2) is 0 Å². The molecule has 0 atom stereocenters. The summed E-state index contributed by atoms with van der Waals surface area (Å²) in [6, 6.07) is 8.32. The highest BCUT2D eigenvalue weighted by Crippen LogP contribution is 2.43. The number of rotatable bonds is 3. The van der Waals surface area contributed by atoms with Crippen LogP contribution in [0, 0.1) is 6.92 Å². The molecule has 4 heteroatoms. The van der Waals surface area contributed by atoms with E-state index in [-0.39, 0.29) is 0 Å². The molecule has 2 N–H and O–H groups in total. The molecular formula is C15H16BrN3. The first kappa shape index (κ1) is 12.6. The summed E-state index contributed by atoms with van der Waals surface area (Å²) < 4.78 is 0.878. The van der Waals surface area contributed by atoms with Gasteiger partial charge in [0.05, 0.1) is 10.2 Å². The van der Waals surface area contributed by atoms with Gasteiger partial charge in [-0.15, -0.1) is 0 Å². The Morgan fingerprint density at radius 1 is 1.26 bits per heavy atom. The number of benzene rings is 1. The summed E-state index contributed by atoms with van der Waals surface area (Å²) in [5.41, 5.74) is 9.58. The van der Waals surface area contributed by atoms with Crippen molar-refractivity contribution in [1.82, 2.24) is 9.97 Å². The van der Waals surface area contributed by atoms with Crippen LogP contribution in [0.15, 0.2) is 28.7 Å². The quantitative estimate of drug-likeness (QED) is 0.941. The standard InChI is InChI=1S/C15H16BrN3/c1-9-4-2-3-5-11(9)8-12-18-14(10-6-7-10)13(16)15(17)19-12/h2-5,10H,6-8H2,1H3,(H2,17,18,19). The highest BCUT2D eigenvalue weighted by molar-refractivity contribution is 9.10. The molecule has 98 valence electrons. The van der Waals surface area contributed by atoms with Gasteiger partial charge in [-0.1, -0.05) is 24.3 Å². The first-order chi connectivity index (χ1) is 9.15. The van der Waals surface area contributed by atoms with Gasteiger partial charge in [-0.3, -0.25) is 0 Å². The Balaban J connectivity index is 1.95. The van der Waals surface area contributed by atoms with Crippen LogP contribution < -0.4 is 5.73 Å². The molecule has 1 aromatic carbocycles. The van der Waals surface area contributed by atoms with E-state index in [2.05, 4.69) is 40.0 Å². The van der Waals surface area contributed by atoms with Crippen molar-refractivity contribution in [3.05, 3.63) is 51.4 Å². The average Bonchev–Trinajstić information content (AvgIpc) is 3.20. The van der Waals surface area contributed by atoms with Crippen molar-refractivity contribution in [3.8, 4) is 0 Å². The van der Waals surface area contributed by atoms with E-state index in [4.69, 9.17) is 10.7 Å². The predicted molar refractivity (Wildman–Crippen MR) is 80.1 cm³/mol. The van der Waals surface area contributed by atoms with Crippen molar-refractivity contribution in [2.24, 2.45) is 0 Å². The van der Waals surface area contributed by atoms with Crippen LogP contribution in [0.1, 0.15) is 41.4 Å². The molecule has 2 aromatic rings. The van der Waals surface area contributed by atoms with Crippen LogP contribution >= 0.6 is 15.9 Å². The fraction of sp³-hybridized carbons (Fsp3) is 0.333. The number of hydrogen-bond acceptors (Lipinski definition) is 3. The molecular weight excluding hydrogens is 302 g/mol. The summed E-state index contributed by atoms with van der Waals surface area (Å²) in [6.45, 7) is 2.11. The van der Waals surface area contributed by atoms with E-state index in [1.165, 1.54) is 24.0 Å². The number of nitrogens with two attached hydrogens (primary N) is 1. The van der Waals surface area contributed by atoms with Gasteiger partial charge in [0.1, 0.15) is 11.6 Å². The summed E-state index contributed by atoms with van der Waals surface area (Å²) in [7, 11) is 0.